The molecular formula is C18H16BrClN2O2S. The van der Waals surface area contributed by atoms with Crippen LogP contribution in [0.5, 0.6) is 5.75 Å². The van der Waals surface area contributed by atoms with E-state index in [0.29, 0.717) is 29.4 Å². The fraction of sp³-hybridized carbons (Fsp3) is 0.222. The first-order valence-electron chi connectivity index (χ1n) is 7.65. The summed E-state index contributed by atoms with van der Waals surface area (Å²) in [5.74, 6) is 1.13. The molecule has 0 spiro atoms. The van der Waals surface area contributed by atoms with Crippen molar-refractivity contribution in [1.29, 1.82) is 0 Å². The highest BCUT2D eigenvalue weighted by Gasteiger charge is 2.27. The fourth-order valence-corrected chi connectivity index (χ4v) is 3.90. The molecule has 0 saturated heterocycles. The Kier molecular flexibility index (Phi) is 6.04. The summed E-state index contributed by atoms with van der Waals surface area (Å²) in [5, 5.41) is 1.24. The molecule has 0 radical (unpaired) electrons. The molecule has 1 amide bonds. The summed E-state index contributed by atoms with van der Waals surface area (Å²) in [6.07, 6.45) is 0. The lowest BCUT2D eigenvalue weighted by molar-refractivity contribution is 0.0857. The Hall–Kier alpha value is -1.50. The molecule has 1 aliphatic rings. The number of thioether (sulfide) groups is 1. The van der Waals surface area contributed by atoms with E-state index in [9.17, 15) is 4.79 Å². The molecule has 0 saturated carbocycles. The molecule has 1 heterocycles. The van der Waals surface area contributed by atoms with Gasteiger partial charge in [0.05, 0.1) is 19.2 Å². The number of rotatable bonds is 4. The molecular weight excluding hydrogens is 424 g/mol. The van der Waals surface area contributed by atoms with Crippen LogP contribution in [0.1, 0.15) is 15.9 Å². The highest BCUT2D eigenvalue weighted by molar-refractivity contribution is 9.10. The number of carbonyl (C=O) groups excluding carboxylic acids is 1. The van der Waals surface area contributed by atoms with E-state index in [1.165, 1.54) is 5.56 Å². The first-order chi connectivity index (χ1) is 12.1. The molecule has 1 aliphatic heterocycles. The molecule has 0 aromatic heterocycles. The van der Waals surface area contributed by atoms with Gasteiger partial charge in [0.15, 0.2) is 5.17 Å². The number of benzene rings is 2. The van der Waals surface area contributed by atoms with Gasteiger partial charge in [-0.15, -0.1) is 0 Å². The second-order valence-corrected chi connectivity index (χ2v) is 7.68. The number of methoxy groups -OCH3 is 1. The van der Waals surface area contributed by atoms with Crippen molar-refractivity contribution in [3.05, 3.63) is 63.1 Å². The van der Waals surface area contributed by atoms with Crippen LogP contribution in [-0.4, -0.2) is 36.2 Å². The van der Waals surface area contributed by atoms with Crippen molar-refractivity contribution < 1.29 is 9.53 Å². The minimum Gasteiger partial charge on any atom is -0.496 e. The second kappa shape index (κ2) is 8.25. The Bertz CT molecular complexity index is 811. The number of amides is 1. The van der Waals surface area contributed by atoms with Crippen LogP contribution in [0.15, 0.2) is 51.9 Å². The van der Waals surface area contributed by atoms with Gasteiger partial charge in [-0.2, -0.15) is 0 Å². The maximum absolute atomic E-state index is 12.9. The van der Waals surface area contributed by atoms with Crippen molar-refractivity contribution in [2.24, 2.45) is 4.99 Å². The molecule has 0 atom stereocenters. The second-order valence-electron chi connectivity index (χ2n) is 5.38. The Balaban J connectivity index is 1.73. The van der Waals surface area contributed by atoms with Gasteiger partial charge in [-0.25, -0.2) is 0 Å². The van der Waals surface area contributed by atoms with Crippen molar-refractivity contribution in [1.82, 2.24) is 4.90 Å². The van der Waals surface area contributed by atoms with E-state index in [4.69, 9.17) is 16.3 Å². The molecule has 2 aromatic carbocycles. The van der Waals surface area contributed by atoms with Gasteiger partial charge in [0.1, 0.15) is 5.75 Å². The van der Waals surface area contributed by atoms with E-state index < -0.39 is 0 Å². The normalized spacial score (nSPS) is 13.7. The van der Waals surface area contributed by atoms with Crippen LogP contribution in [0.25, 0.3) is 0 Å². The summed E-state index contributed by atoms with van der Waals surface area (Å²) >= 11 is 11.0. The largest absolute Gasteiger partial charge is 0.496 e. The zero-order valence-electron chi connectivity index (χ0n) is 13.5. The molecule has 3 rings (SSSR count). The van der Waals surface area contributed by atoms with Gasteiger partial charge in [0.25, 0.3) is 5.91 Å². The first-order valence-corrected chi connectivity index (χ1v) is 9.81. The molecule has 0 N–H and O–H groups in total. The molecule has 0 aliphatic carbocycles. The number of halogens is 2. The van der Waals surface area contributed by atoms with Crippen molar-refractivity contribution in [2.75, 3.05) is 20.2 Å². The predicted octanol–water partition coefficient (Wildman–Crippen LogP) is 4.86. The summed E-state index contributed by atoms with van der Waals surface area (Å²) in [7, 11) is 1.54. The lowest BCUT2D eigenvalue weighted by Gasteiger charge is -2.19. The van der Waals surface area contributed by atoms with Crippen molar-refractivity contribution in [3.63, 3.8) is 0 Å². The third kappa shape index (κ3) is 4.37. The number of hydrogen-bond acceptors (Lipinski definition) is 4. The summed E-state index contributed by atoms with van der Waals surface area (Å²) in [4.78, 5) is 19.1. The van der Waals surface area contributed by atoms with E-state index in [2.05, 4.69) is 33.1 Å². The predicted molar refractivity (Wildman–Crippen MR) is 107 cm³/mol. The first kappa shape index (κ1) is 18.3. The minimum absolute atomic E-state index is 0.140. The number of amidine groups is 1. The van der Waals surface area contributed by atoms with Crippen molar-refractivity contribution >= 4 is 50.4 Å². The molecule has 130 valence electrons. The molecule has 7 heteroatoms. The van der Waals surface area contributed by atoms with Crippen LogP contribution in [0.2, 0.25) is 5.02 Å². The van der Waals surface area contributed by atoms with Gasteiger partial charge >= 0.3 is 0 Å². The van der Waals surface area contributed by atoms with Crippen LogP contribution >= 0.6 is 39.3 Å². The fourth-order valence-electron chi connectivity index (χ4n) is 2.46. The number of carbonyl (C=O) groups is 1. The average molecular weight is 440 g/mol. The number of hydrogen-bond donors (Lipinski definition) is 0. The topological polar surface area (TPSA) is 41.9 Å². The van der Waals surface area contributed by atoms with Gasteiger partial charge in [-0.3, -0.25) is 14.7 Å². The Labute approximate surface area is 164 Å². The van der Waals surface area contributed by atoms with Gasteiger partial charge in [-0.1, -0.05) is 51.4 Å². The van der Waals surface area contributed by atoms with Crippen LogP contribution in [0.3, 0.4) is 0 Å². The van der Waals surface area contributed by atoms with Gasteiger partial charge in [0.2, 0.25) is 0 Å². The zero-order valence-corrected chi connectivity index (χ0v) is 16.7. The van der Waals surface area contributed by atoms with Crippen LogP contribution in [0.4, 0.5) is 0 Å². The summed E-state index contributed by atoms with van der Waals surface area (Å²) < 4.78 is 6.35. The molecule has 4 nitrogen and oxygen atoms in total. The Morgan fingerprint density at radius 2 is 2.08 bits per heavy atom. The molecule has 0 bridgehead atoms. The Morgan fingerprint density at radius 3 is 2.80 bits per heavy atom. The van der Waals surface area contributed by atoms with E-state index in [-0.39, 0.29) is 5.91 Å². The van der Waals surface area contributed by atoms with E-state index in [1.54, 1.807) is 42.0 Å². The van der Waals surface area contributed by atoms with Crippen LogP contribution in [-0.2, 0) is 5.75 Å². The number of aliphatic imine (C=N–C) groups is 1. The molecule has 0 fully saturated rings. The lowest BCUT2D eigenvalue weighted by Crippen LogP contribution is -2.33. The summed E-state index contributed by atoms with van der Waals surface area (Å²) in [6, 6.07) is 13.2. The third-order valence-corrected chi connectivity index (χ3v) is 5.57. The smallest absolute Gasteiger partial charge is 0.263 e. The lowest BCUT2D eigenvalue weighted by atomic mass is 10.2. The van der Waals surface area contributed by atoms with Crippen molar-refractivity contribution in [3.8, 4) is 5.75 Å². The minimum atomic E-state index is -0.140. The quantitative estimate of drug-likeness (QED) is 0.683. The molecule has 2 aromatic rings. The van der Waals surface area contributed by atoms with Gasteiger partial charge in [-0.05, 0) is 35.9 Å². The SMILES string of the molecule is COc1ccc(Cl)cc1C(=O)N1CCN=C1SCc1ccc(Br)cc1. The van der Waals surface area contributed by atoms with Crippen LogP contribution < -0.4 is 4.74 Å². The number of nitrogens with zero attached hydrogens (tertiary/aromatic N) is 2. The van der Waals surface area contributed by atoms with E-state index in [0.717, 1.165) is 15.4 Å². The standard InChI is InChI=1S/C18H16BrClN2O2S/c1-24-16-7-6-14(20)10-15(16)17(23)22-9-8-21-18(22)25-11-12-2-4-13(19)5-3-12/h2-7,10H,8-9,11H2,1H3. The third-order valence-electron chi connectivity index (χ3n) is 3.72. The molecule has 25 heavy (non-hydrogen) atoms. The number of ether oxygens (including phenoxy) is 1. The summed E-state index contributed by atoms with van der Waals surface area (Å²) in [6.45, 7) is 1.18. The zero-order chi connectivity index (χ0) is 17.8. The maximum Gasteiger partial charge on any atom is 0.263 e. The van der Waals surface area contributed by atoms with Crippen molar-refractivity contribution in [2.45, 2.75) is 5.75 Å². The highest BCUT2D eigenvalue weighted by Crippen LogP contribution is 2.27. The van der Waals surface area contributed by atoms with E-state index >= 15 is 0 Å². The van der Waals surface area contributed by atoms with Gasteiger partial charge in [0, 0.05) is 21.8 Å². The van der Waals surface area contributed by atoms with Crippen LogP contribution in [0, 0.1) is 0 Å². The van der Waals surface area contributed by atoms with E-state index in [1.807, 2.05) is 12.1 Å². The maximum atomic E-state index is 12.9. The van der Waals surface area contributed by atoms with Gasteiger partial charge < -0.3 is 4.74 Å². The summed E-state index contributed by atoms with van der Waals surface area (Å²) in [5.41, 5.74) is 1.63. The average Bonchev–Trinajstić information content (AvgIpc) is 3.09. The monoisotopic (exact) mass is 438 g/mol. The molecule has 0 unspecified atom stereocenters. The highest BCUT2D eigenvalue weighted by atomic mass is 79.9. The Morgan fingerprint density at radius 1 is 1.32 bits per heavy atom.